The monoisotopic (exact) mass is 299 g/mol. The average molecular weight is 299 g/mol. The summed E-state index contributed by atoms with van der Waals surface area (Å²) in [6.07, 6.45) is 3.28. The molecule has 6 heteroatoms. The zero-order valence-corrected chi connectivity index (χ0v) is 12.5. The molecule has 1 aliphatic rings. The van der Waals surface area contributed by atoms with E-state index in [0.717, 1.165) is 43.0 Å². The van der Waals surface area contributed by atoms with Gasteiger partial charge in [0.1, 0.15) is 17.7 Å². The number of halogens is 1. The van der Waals surface area contributed by atoms with Crippen LogP contribution >= 0.6 is 0 Å². The Morgan fingerprint density at radius 1 is 1.45 bits per heavy atom. The first-order valence-corrected chi connectivity index (χ1v) is 7.49. The van der Waals surface area contributed by atoms with Crippen LogP contribution in [0, 0.1) is 24.1 Å². The van der Waals surface area contributed by atoms with Gasteiger partial charge in [0.2, 0.25) is 0 Å². The molecule has 0 unspecified atom stereocenters. The minimum absolute atomic E-state index is 0.0866. The van der Waals surface area contributed by atoms with Gasteiger partial charge in [0.05, 0.1) is 11.6 Å². The quantitative estimate of drug-likeness (QED) is 0.946. The van der Waals surface area contributed by atoms with Gasteiger partial charge in [0.25, 0.3) is 0 Å². The number of nitrogens with zero attached hydrogens (tertiary/aromatic N) is 4. The molecule has 1 aromatic carbocycles. The molecule has 1 aliphatic heterocycles. The lowest BCUT2D eigenvalue weighted by atomic mass is 10.0. The molecule has 0 aliphatic carbocycles. The van der Waals surface area contributed by atoms with Crippen molar-refractivity contribution in [2.45, 2.75) is 38.8 Å². The highest BCUT2D eigenvalue weighted by atomic mass is 19.1. The van der Waals surface area contributed by atoms with Crippen molar-refractivity contribution < 1.29 is 4.39 Å². The molecule has 1 saturated heterocycles. The van der Waals surface area contributed by atoms with Gasteiger partial charge in [-0.1, -0.05) is 12.5 Å². The predicted molar refractivity (Wildman–Crippen MR) is 79.2 cm³/mol. The molecule has 2 aromatic rings. The summed E-state index contributed by atoms with van der Waals surface area (Å²) in [5.74, 6) is 1.17. The third-order valence-corrected chi connectivity index (χ3v) is 4.07. The molecule has 1 atom stereocenters. The zero-order chi connectivity index (χ0) is 15.5. The highest BCUT2D eigenvalue weighted by molar-refractivity contribution is 5.33. The lowest BCUT2D eigenvalue weighted by Gasteiger charge is -2.34. The van der Waals surface area contributed by atoms with Gasteiger partial charge in [-0.2, -0.15) is 10.4 Å². The van der Waals surface area contributed by atoms with Gasteiger partial charge in [-0.25, -0.2) is 9.37 Å². The largest absolute Gasteiger partial charge is 0.289 e. The summed E-state index contributed by atoms with van der Waals surface area (Å²) in [6.45, 7) is 3.47. The van der Waals surface area contributed by atoms with E-state index >= 15 is 0 Å². The summed E-state index contributed by atoms with van der Waals surface area (Å²) in [4.78, 5) is 6.73. The Morgan fingerprint density at radius 2 is 2.32 bits per heavy atom. The highest BCUT2D eigenvalue weighted by Crippen LogP contribution is 2.30. The Morgan fingerprint density at radius 3 is 3.00 bits per heavy atom. The molecular formula is C16H18FN5. The van der Waals surface area contributed by atoms with Crippen molar-refractivity contribution in [2.75, 3.05) is 6.54 Å². The van der Waals surface area contributed by atoms with Crippen LogP contribution < -0.4 is 0 Å². The van der Waals surface area contributed by atoms with Crippen LogP contribution in [0.2, 0.25) is 0 Å². The molecule has 3 rings (SSSR count). The van der Waals surface area contributed by atoms with Crippen LogP contribution in [0.3, 0.4) is 0 Å². The number of benzene rings is 1. The number of nitrogens with one attached hydrogen (secondary N) is 1. The summed E-state index contributed by atoms with van der Waals surface area (Å²) < 4.78 is 13.8. The molecule has 0 saturated carbocycles. The van der Waals surface area contributed by atoms with E-state index in [4.69, 9.17) is 5.26 Å². The molecule has 1 aromatic heterocycles. The number of H-pyrrole nitrogens is 1. The van der Waals surface area contributed by atoms with Crippen molar-refractivity contribution in [2.24, 2.45) is 0 Å². The van der Waals surface area contributed by atoms with E-state index in [1.165, 1.54) is 6.07 Å². The third-order valence-electron chi connectivity index (χ3n) is 4.07. The predicted octanol–water partition coefficient (Wildman–Crippen LogP) is 2.85. The summed E-state index contributed by atoms with van der Waals surface area (Å²) >= 11 is 0. The minimum Gasteiger partial charge on any atom is -0.289 e. The van der Waals surface area contributed by atoms with Crippen LogP contribution in [0.5, 0.6) is 0 Å². The van der Waals surface area contributed by atoms with Crippen LogP contribution in [-0.2, 0) is 6.54 Å². The van der Waals surface area contributed by atoms with Crippen molar-refractivity contribution in [1.82, 2.24) is 20.1 Å². The van der Waals surface area contributed by atoms with Gasteiger partial charge in [0, 0.05) is 6.54 Å². The topological polar surface area (TPSA) is 68.6 Å². The van der Waals surface area contributed by atoms with E-state index in [1.807, 2.05) is 19.1 Å². The van der Waals surface area contributed by atoms with Crippen LogP contribution in [-0.4, -0.2) is 26.6 Å². The van der Waals surface area contributed by atoms with Gasteiger partial charge >= 0.3 is 0 Å². The molecule has 0 amide bonds. The Labute approximate surface area is 128 Å². The second-order valence-electron chi connectivity index (χ2n) is 5.69. The molecule has 114 valence electrons. The van der Waals surface area contributed by atoms with Crippen molar-refractivity contribution >= 4 is 0 Å². The van der Waals surface area contributed by atoms with Gasteiger partial charge in [-0.05, 0) is 44.0 Å². The number of rotatable bonds is 3. The molecule has 0 spiro atoms. The van der Waals surface area contributed by atoms with E-state index in [0.29, 0.717) is 6.54 Å². The fourth-order valence-electron chi connectivity index (χ4n) is 2.96. The van der Waals surface area contributed by atoms with E-state index in [-0.39, 0.29) is 11.6 Å². The average Bonchev–Trinajstić information content (AvgIpc) is 2.94. The van der Waals surface area contributed by atoms with Gasteiger partial charge < -0.3 is 0 Å². The number of aromatic amines is 1. The second-order valence-corrected chi connectivity index (χ2v) is 5.69. The van der Waals surface area contributed by atoms with E-state index in [1.54, 1.807) is 6.07 Å². The Bertz CT molecular complexity index is 703. The SMILES string of the molecule is Cc1nc([C@@H]2CCCCN2Cc2ccc(C#N)c(F)c2)n[nH]1. The number of piperidine rings is 1. The minimum atomic E-state index is -0.456. The summed E-state index contributed by atoms with van der Waals surface area (Å²) in [5.41, 5.74) is 0.958. The van der Waals surface area contributed by atoms with Crippen LogP contribution in [0.4, 0.5) is 4.39 Å². The number of aryl methyl sites for hydroxylation is 1. The molecule has 2 heterocycles. The number of nitriles is 1. The Hall–Kier alpha value is -2.26. The van der Waals surface area contributed by atoms with Gasteiger partial charge in [0.15, 0.2) is 5.82 Å². The molecule has 0 radical (unpaired) electrons. The molecule has 1 fully saturated rings. The molecule has 5 nitrogen and oxygen atoms in total. The molecule has 22 heavy (non-hydrogen) atoms. The smallest absolute Gasteiger partial charge is 0.167 e. The van der Waals surface area contributed by atoms with Crippen molar-refractivity contribution in [3.63, 3.8) is 0 Å². The van der Waals surface area contributed by atoms with E-state index in [2.05, 4.69) is 20.1 Å². The number of likely N-dealkylation sites (tertiary alicyclic amines) is 1. The van der Waals surface area contributed by atoms with Gasteiger partial charge in [-0.3, -0.25) is 10.00 Å². The van der Waals surface area contributed by atoms with Crippen molar-refractivity contribution in [3.05, 3.63) is 46.8 Å². The van der Waals surface area contributed by atoms with Crippen molar-refractivity contribution in [1.29, 1.82) is 5.26 Å². The maximum Gasteiger partial charge on any atom is 0.167 e. The fraction of sp³-hybridized carbons (Fsp3) is 0.438. The Balaban J connectivity index is 1.80. The first-order valence-electron chi connectivity index (χ1n) is 7.49. The van der Waals surface area contributed by atoms with Crippen LogP contribution in [0.25, 0.3) is 0 Å². The Kier molecular flexibility index (Phi) is 4.16. The first kappa shape index (κ1) is 14.7. The lowest BCUT2D eigenvalue weighted by molar-refractivity contribution is 0.134. The highest BCUT2D eigenvalue weighted by Gasteiger charge is 2.27. The number of hydrogen-bond donors (Lipinski definition) is 1. The molecule has 0 bridgehead atoms. The van der Waals surface area contributed by atoms with E-state index < -0.39 is 5.82 Å². The standard InChI is InChI=1S/C16H18FN5/c1-11-19-16(21-20-11)15-4-2-3-7-22(15)10-12-5-6-13(9-18)14(17)8-12/h5-6,8,15H,2-4,7,10H2,1H3,(H,19,20,21)/t15-/m0/s1. The first-order chi connectivity index (χ1) is 10.7. The summed E-state index contributed by atoms with van der Waals surface area (Å²) in [7, 11) is 0. The zero-order valence-electron chi connectivity index (χ0n) is 12.5. The maximum atomic E-state index is 13.8. The second kappa shape index (κ2) is 6.24. The lowest BCUT2D eigenvalue weighted by Crippen LogP contribution is -2.33. The normalized spacial score (nSPS) is 19.0. The molecule has 1 N–H and O–H groups in total. The summed E-state index contributed by atoms with van der Waals surface area (Å²) in [5, 5.41) is 16.0. The number of aromatic nitrogens is 3. The maximum absolute atomic E-state index is 13.8. The number of hydrogen-bond acceptors (Lipinski definition) is 4. The van der Waals surface area contributed by atoms with Crippen LogP contribution in [0.1, 0.15) is 48.1 Å². The van der Waals surface area contributed by atoms with Crippen molar-refractivity contribution in [3.8, 4) is 6.07 Å². The van der Waals surface area contributed by atoms with Gasteiger partial charge in [-0.15, -0.1) is 0 Å². The summed E-state index contributed by atoms with van der Waals surface area (Å²) in [6, 6.07) is 6.83. The fourth-order valence-corrected chi connectivity index (χ4v) is 2.96. The van der Waals surface area contributed by atoms with Crippen LogP contribution in [0.15, 0.2) is 18.2 Å². The van der Waals surface area contributed by atoms with E-state index in [9.17, 15) is 4.39 Å². The third kappa shape index (κ3) is 3.00. The molecular weight excluding hydrogens is 281 g/mol.